The highest BCUT2D eigenvalue weighted by Crippen LogP contribution is 2.30. The number of guanidine groups is 1. The molecule has 1 saturated heterocycles. The zero-order chi connectivity index (χ0) is 31.9. The third-order valence-corrected chi connectivity index (χ3v) is 8.15. The van der Waals surface area contributed by atoms with Crippen LogP contribution >= 0.6 is 0 Å². The van der Waals surface area contributed by atoms with Crippen molar-refractivity contribution >= 4 is 29.5 Å². The molecule has 12 nitrogen and oxygen atoms in total. The fraction of sp³-hybridized carbons (Fsp3) is 0.412. The lowest BCUT2D eigenvalue weighted by Gasteiger charge is -2.44. The van der Waals surface area contributed by atoms with Crippen LogP contribution < -0.4 is 10.2 Å². The van der Waals surface area contributed by atoms with Crippen LogP contribution in [0, 0.1) is 17.4 Å². The summed E-state index contributed by atoms with van der Waals surface area (Å²) in [4.78, 5) is 46.4. The summed E-state index contributed by atoms with van der Waals surface area (Å²) >= 11 is 0. The Labute approximate surface area is 271 Å². The van der Waals surface area contributed by atoms with Gasteiger partial charge in [0, 0.05) is 46.8 Å². The van der Waals surface area contributed by atoms with Gasteiger partial charge in [-0.15, -0.1) is 0 Å². The van der Waals surface area contributed by atoms with Crippen LogP contribution in [0.4, 0.5) is 16.3 Å². The van der Waals surface area contributed by atoms with Crippen molar-refractivity contribution in [2.45, 2.75) is 46.9 Å². The third kappa shape index (κ3) is 7.72. The van der Waals surface area contributed by atoms with Crippen molar-refractivity contribution in [1.82, 2.24) is 30.0 Å². The first-order valence-electron chi connectivity index (χ1n) is 15.1. The summed E-state index contributed by atoms with van der Waals surface area (Å²) in [6.45, 7) is 7.35. The smallest absolute Gasteiger partial charge is 0.410 e. The molecule has 3 heterocycles. The van der Waals surface area contributed by atoms with Crippen LogP contribution in [0.25, 0.3) is 0 Å². The number of rotatable bonds is 6. The Kier molecular flexibility index (Phi) is 11.1. The van der Waals surface area contributed by atoms with E-state index in [1.54, 1.807) is 25.2 Å². The molecule has 2 amide bonds. The van der Waals surface area contributed by atoms with E-state index >= 15 is 0 Å². The molecule has 1 atom stereocenters. The average molecular weight is 626 g/mol. The van der Waals surface area contributed by atoms with Crippen molar-refractivity contribution in [3.05, 3.63) is 83.3 Å². The lowest BCUT2D eigenvalue weighted by molar-refractivity contribution is 0.0821. The van der Waals surface area contributed by atoms with Crippen LogP contribution in [0.1, 0.15) is 48.5 Å². The summed E-state index contributed by atoms with van der Waals surface area (Å²) in [7, 11) is 3.37. The summed E-state index contributed by atoms with van der Waals surface area (Å²) < 4.78 is 5.57. The van der Waals surface area contributed by atoms with E-state index in [4.69, 9.17) is 9.73 Å². The predicted molar refractivity (Wildman–Crippen MR) is 177 cm³/mol. The van der Waals surface area contributed by atoms with Gasteiger partial charge in [0.05, 0.1) is 24.1 Å². The molecular weight excluding hydrogens is 582 g/mol. The molecule has 0 bridgehead atoms. The van der Waals surface area contributed by atoms with Crippen molar-refractivity contribution in [1.29, 1.82) is 5.26 Å². The number of benzene rings is 2. The number of carbonyl (C=O) groups excluding carboxylic acids is 2. The van der Waals surface area contributed by atoms with Gasteiger partial charge in [0.15, 0.2) is 6.19 Å². The summed E-state index contributed by atoms with van der Waals surface area (Å²) in [6, 6.07) is 15.6. The number of anilines is 1. The number of aromatic nitrogens is 2. The largest absolute Gasteiger partial charge is 0.445 e. The van der Waals surface area contributed by atoms with E-state index in [0.29, 0.717) is 56.6 Å². The minimum atomic E-state index is -0.341. The highest BCUT2D eigenvalue weighted by Gasteiger charge is 2.33. The maximum atomic E-state index is 12.8. The predicted octanol–water partition coefficient (Wildman–Crippen LogP) is 4.41. The van der Waals surface area contributed by atoms with Gasteiger partial charge >= 0.3 is 6.09 Å². The van der Waals surface area contributed by atoms with Gasteiger partial charge < -0.3 is 24.3 Å². The summed E-state index contributed by atoms with van der Waals surface area (Å²) in [5.41, 5.74) is 4.09. The lowest BCUT2D eigenvalue weighted by atomic mass is 9.98. The Morgan fingerprint density at radius 3 is 2.54 bits per heavy atom. The van der Waals surface area contributed by atoms with Gasteiger partial charge in [-0.05, 0) is 35.1 Å². The van der Waals surface area contributed by atoms with E-state index in [-0.39, 0.29) is 38.0 Å². The number of nitrogens with one attached hydrogen (secondary N) is 1. The van der Waals surface area contributed by atoms with Gasteiger partial charge in [0.1, 0.15) is 18.1 Å². The number of aliphatic imine (C=N–C) groups is 1. The van der Waals surface area contributed by atoms with E-state index in [9.17, 15) is 14.9 Å². The molecule has 0 spiro atoms. The highest BCUT2D eigenvalue weighted by atomic mass is 16.6. The molecule has 0 aliphatic carbocycles. The Balaban J connectivity index is 0.00000480. The van der Waals surface area contributed by atoms with Crippen molar-refractivity contribution in [2.75, 3.05) is 45.2 Å². The van der Waals surface area contributed by atoms with Gasteiger partial charge in [-0.1, -0.05) is 63.7 Å². The Morgan fingerprint density at radius 1 is 1.09 bits per heavy atom. The summed E-state index contributed by atoms with van der Waals surface area (Å²) in [6.07, 6.45) is 5.52. The van der Waals surface area contributed by atoms with Crippen LogP contribution in [-0.4, -0.2) is 88.9 Å². The Morgan fingerprint density at radius 2 is 1.87 bits per heavy atom. The molecule has 0 radical (unpaired) electrons. The molecule has 1 N–H and O–H groups in total. The molecule has 3 aromatic rings. The average Bonchev–Trinajstić information content (AvgIpc) is 3.06. The second-order valence-electron chi connectivity index (χ2n) is 11.7. The molecule has 2 aromatic carbocycles. The molecule has 2 aliphatic heterocycles. The van der Waals surface area contributed by atoms with Crippen molar-refractivity contribution in [2.24, 2.45) is 10.9 Å². The second-order valence-corrected chi connectivity index (χ2v) is 11.7. The fourth-order valence-electron chi connectivity index (χ4n) is 5.66. The van der Waals surface area contributed by atoms with Gasteiger partial charge in [0.25, 0.3) is 5.91 Å². The number of piperazine rings is 1. The van der Waals surface area contributed by atoms with E-state index < -0.39 is 0 Å². The van der Waals surface area contributed by atoms with Gasteiger partial charge in [0.2, 0.25) is 5.96 Å². The van der Waals surface area contributed by atoms with Crippen LogP contribution in [-0.2, 0) is 24.3 Å². The lowest BCUT2D eigenvalue weighted by Crippen LogP contribution is -2.59. The number of fused-ring (bicyclic) bond motifs is 1. The molecule has 46 heavy (non-hydrogen) atoms. The maximum Gasteiger partial charge on any atom is 0.410 e. The molecule has 12 heteroatoms. The summed E-state index contributed by atoms with van der Waals surface area (Å²) in [5, 5.41) is 12.5. The quantitative estimate of drug-likeness (QED) is 0.183. The van der Waals surface area contributed by atoms with Crippen molar-refractivity contribution < 1.29 is 14.3 Å². The highest BCUT2D eigenvalue weighted by molar-refractivity contribution is 5.91. The second kappa shape index (κ2) is 15.2. The monoisotopic (exact) mass is 625 g/mol. The number of nitrogens with zero attached hydrogens (tertiary/aromatic N) is 8. The molecule has 0 saturated carbocycles. The van der Waals surface area contributed by atoms with Crippen molar-refractivity contribution in [3.8, 4) is 6.19 Å². The Bertz CT molecular complexity index is 1570. The molecule has 2 aliphatic rings. The third-order valence-electron chi connectivity index (χ3n) is 8.15. The number of hydrogen-bond donors (Lipinski definition) is 1. The maximum absolute atomic E-state index is 12.8. The van der Waals surface area contributed by atoms with E-state index in [0.717, 1.165) is 22.4 Å². The zero-order valence-corrected chi connectivity index (χ0v) is 26.2. The molecular formula is C34H43N9O3. The first kappa shape index (κ1) is 33.7. The number of ether oxygens (including phenoxy) is 1. The topological polar surface area (TPSA) is 130 Å². The van der Waals surface area contributed by atoms with E-state index in [1.807, 2.05) is 48.5 Å². The molecule has 5 rings (SSSR count). The van der Waals surface area contributed by atoms with Crippen LogP contribution in [0.5, 0.6) is 0 Å². The standard InChI is InChI=1S/C33H39N9O3.CH4/c1-23(2)29-20-40(30-18-35-28(17-36-30)31(43)39(3)4)15-16-42(29)32(37-22-34)38-27-12-8-11-25-19-41(14-13-26(25)27)33(44)45-21-24-9-6-5-7-10-24;/h5-12,17-18,23,29H,13-16,19-21H2,1-4H3,(H,37,38);1H4/t29-;/m1./s1. The van der Waals surface area contributed by atoms with Crippen molar-refractivity contribution in [3.63, 3.8) is 0 Å². The normalized spacial score (nSPS) is 16.2. The number of hydrogen-bond acceptors (Lipinski definition) is 8. The van der Waals surface area contributed by atoms with Crippen LogP contribution in [0.2, 0.25) is 0 Å². The number of nitriles is 1. The SMILES string of the molecule is C.CC(C)[C@H]1CN(c2cnc(C(=O)N(C)C)cn2)CCN1C(=Nc1cccc2c1CCN(C(=O)OCc1ccccc1)C2)NC#N. The van der Waals surface area contributed by atoms with E-state index in [1.165, 1.54) is 11.1 Å². The minimum Gasteiger partial charge on any atom is -0.445 e. The number of carbonyl (C=O) groups is 2. The van der Waals surface area contributed by atoms with Crippen LogP contribution in [0.3, 0.4) is 0 Å². The minimum absolute atomic E-state index is 0. The Hall–Kier alpha value is -5.18. The zero-order valence-electron chi connectivity index (χ0n) is 26.2. The first-order chi connectivity index (χ1) is 21.7. The van der Waals surface area contributed by atoms with E-state index in [2.05, 4.69) is 45.1 Å². The van der Waals surface area contributed by atoms with Crippen LogP contribution in [0.15, 0.2) is 65.9 Å². The molecule has 1 fully saturated rings. The molecule has 0 unspecified atom stereocenters. The van der Waals surface area contributed by atoms with Gasteiger partial charge in [-0.2, -0.15) is 5.26 Å². The summed E-state index contributed by atoms with van der Waals surface area (Å²) in [5.74, 6) is 1.24. The number of amides is 2. The first-order valence-corrected chi connectivity index (χ1v) is 15.1. The molecule has 242 valence electrons. The fourth-order valence-corrected chi connectivity index (χ4v) is 5.66. The van der Waals surface area contributed by atoms with Gasteiger partial charge in [-0.25, -0.2) is 19.8 Å². The molecule has 1 aromatic heterocycles. The van der Waals surface area contributed by atoms with Gasteiger partial charge in [-0.3, -0.25) is 10.1 Å².